The van der Waals surface area contributed by atoms with Gasteiger partial charge in [0.25, 0.3) is 0 Å². The number of halogens is 1. The molecule has 0 bridgehead atoms. The van der Waals surface area contributed by atoms with E-state index in [0.717, 1.165) is 24.1 Å². The van der Waals surface area contributed by atoms with Crippen molar-refractivity contribution in [1.29, 1.82) is 0 Å². The van der Waals surface area contributed by atoms with Gasteiger partial charge >= 0.3 is 0 Å². The van der Waals surface area contributed by atoms with Gasteiger partial charge in [-0.05, 0) is 31.4 Å². The molecule has 1 heterocycles. The van der Waals surface area contributed by atoms with Crippen molar-refractivity contribution < 1.29 is 9.13 Å². The number of rotatable bonds is 7. The number of benzene rings is 1. The second-order valence-corrected chi connectivity index (χ2v) is 5.09. The average molecular weight is 291 g/mol. The normalized spacial score (nSPS) is 12.4. The minimum absolute atomic E-state index is 0.0111. The molecule has 2 aromatic rings. The molecule has 0 spiro atoms. The topological polar surface area (TPSA) is 53.1 Å². The van der Waals surface area contributed by atoms with Crippen LogP contribution in [0.15, 0.2) is 30.6 Å². The Hall–Kier alpha value is -1.88. The van der Waals surface area contributed by atoms with Gasteiger partial charge < -0.3 is 10.5 Å². The molecule has 21 heavy (non-hydrogen) atoms. The largest absolute Gasteiger partial charge is 0.485 e. The maximum atomic E-state index is 14.0. The van der Waals surface area contributed by atoms with Gasteiger partial charge in [-0.3, -0.25) is 4.68 Å². The number of hydrogen-bond donors (Lipinski definition) is 1. The molecular weight excluding hydrogens is 269 g/mol. The molecule has 0 aliphatic heterocycles. The molecule has 1 atom stereocenters. The van der Waals surface area contributed by atoms with Crippen molar-refractivity contribution in [3.8, 4) is 5.75 Å². The lowest BCUT2D eigenvalue weighted by Crippen LogP contribution is -2.22. The zero-order valence-electron chi connectivity index (χ0n) is 12.6. The van der Waals surface area contributed by atoms with Gasteiger partial charge in [0.15, 0.2) is 11.6 Å². The minimum Gasteiger partial charge on any atom is -0.485 e. The maximum Gasteiger partial charge on any atom is 0.165 e. The van der Waals surface area contributed by atoms with E-state index in [-0.39, 0.29) is 11.9 Å². The molecule has 2 N–H and O–H groups in total. The molecule has 1 aromatic heterocycles. The van der Waals surface area contributed by atoms with Crippen LogP contribution in [0, 0.1) is 5.82 Å². The van der Waals surface area contributed by atoms with Gasteiger partial charge in [-0.15, -0.1) is 0 Å². The van der Waals surface area contributed by atoms with Crippen molar-refractivity contribution in [1.82, 2.24) is 9.78 Å². The fourth-order valence-corrected chi connectivity index (χ4v) is 2.11. The van der Waals surface area contributed by atoms with Crippen molar-refractivity contribution in [3.05, 3.63) is 47.5 Å². The van der Waals surface area contributed by atoms with Crippen molar-refractivity contribution in [3.63, 3.8) is 0 Å². The number of hydrogen-bond acceptors (Lipinski definition) is 3. The van der Waals surface area contributed by atoms with E-state index in [0.29, 0.717) is 18.8 Å². The highest BCUT2D eigenvalue weighted by atomic mass is 19.1. The Morgan fingerprint density at radius 2 is 2.19 bits per heavy atom. The first-order valence-corrected chi connectivity index (χ1v) is 7.31. The zero-order valence-corrected chi connectivity index (χ0v) is 12.6. The Labute approximate surface area is 124 Å². The molecule has 0 amide bonds. The molecule has 0 aliphatic rings. The van der Waals surface area contributed by atoms with E-state index < -0.39 is 0 Å². The van der Waals surface area contributed by atoms with E-state index in [1.54, 1.807) is 12.3 Å². The fourth-order valence-electron chi connectivity index (χ4n) is 2.11. The van der Waals surface area contributed by atoms with E-state index in [1.165, 1.54) is 6.07 Å². The molecule has 0 radical (unpaired) electrons. The van der Waals surface area contributed by atoms with E-state index in [2.05, 4.69) is 5.10 Å². The Balaban J connectivity index is 2.10. The molecule has 4 nitrogen and oxygen atoms in total. The third-order valence-electron chi connectivity index (χ3n) is 3.45. The van der Waals surface area contributed by atoms with Crippen LogP contribution in [0.25, 0.3) is 0 Å². The number of aryl methyl sites for hydroxylation is 1. The van der Waals surface area contributed by atoms with Crippen LogP contribution in [0.2, 0.25) is 0 Å². The zero-order chi connectivity index (χ0) is 15.2. The van der Waals surface area contributed by atoms with Gasteiger partial charge in [0, 0.05) is 24.3 Å². The molecule has 0 fully saturated rings. The van der Waals surface area contributed by atoms with E-state index in [1.807, 2.05) is 30.8 Å². The number of para-hydroxylation sites is 1. The molecule has 0 aliphatic carbocycles. The summed E-state index contributed by atoms with van der Waals surface area (Å²) in [5.41, 5.74) is 7.70. The quantitative estimate of drug-likeness (QED) is 0.853. The van der Waals surface area contributed by atoms with Crippen molar-refractivity contribution >= 4 is 0 Å². The summed E-state index contributed by atoms with van der Waals surface area (Å²) in [4.78, 5) is 0. The third-order valence-corrected chi connectivity index (χ3v) is 3.45. The first-order valence-electron chi connectivity index (χ1n) is 7.31. The summed E-state index contributed by atoms with van der Waals surface area (Å²) in [5.74, 6) is -0.0515. The molecule has 1 aromatic carbocycles. The van der Waals surface area contributed by atoms with E-state index in [4.69, 9.17) is 10.5 Å². The van der Waals surface area contributed by atoms with Crippen LogP contribution >= 0.6 is 0 Å². The molecular formula is C16H22FN3O. The lowest BCUT2D eigenvalue weighted by atomic mass is 10.0. The van der Waals surface area contributed by atoms with Crippen molar-refractivity contribution in [2.24, 2.45) is 5.73 Å². The van der Waals surface area contributed by atoms with Crippen LogP contribution in [0.1, 0.15) is 31.4 Å². The first kappa shape index (κ1) is 15.5. The van der Waals surface area contributed by atoms with Crippen molar-refractivity contribution in [2.75, 3.05) is 0 Å². The highest BCUT2D eigenvalue weighted by Crippen LogP contribution is 2.25. The monoisotopic (exact) mass is 291 g/mol. The van der Waals surface area contributed by atoms with Gasteiger partial charge in [0.2, 0.25) is 0 Å². The smallest absolute Gasteiger partial charge is 0.165 e. The first-order chi connectivity index (χ1) is 10.1. The molecule has 2 rings (SSSR count). The van der Waals surface area contributed by atoms with Gasteiger partial charge in [-0.2, -0.15) is 5.10 Å². The number of aromatic nitrogens is 2. The maximum absolute atomic E-state index is 14.0. The fraction of sp³-hybridized carbons (Fsp3) is 0.438. The summed E-state index contributed by atoms with van der Waals surface area (Å²) in [5, 5.41) is 4.18. The summed E-state index contributed by atoms with van der Waals surface area (Å²) in [6.45, 7) is 5.13. The van der Waals surface area contributed by atoms with Crippen molar-refractivity contribution in [2.45, 2.75) is 45.9 Å². The van der Waals surface area contributed by atoms with Crippen LogP contribution in [-0.2, 0) is 19.6 Å². The molecule has 5 heteroatoms. The lowest BCUT2D eigenvalue weighted by Gasteiger charge is -2.14. The standard InChI is InChI=1S/C16H22FN3O/c1-3-14(18)8-13-6-5-7-15(17)16(13)21-11-12-9-19-20(4-2)10-12/h5-7,9-10,14H,3-4,8,11,18H2,1-2H3. The highest BCUT2D eigenvalue weighted by molar-refractivity contribution is 5.35. The average Bonchev–Trinajstić information content (AvgIpc) is 2.94. The summed E-state index contributed by atoms with van der Waals surface area (Å²) in [6.07, 6.45) is 5.09. The van der Waals surface area contributed by atoms with E-state index in [9.17, 15) is 4.39 Å². The Morgan fingerprint density at radius 1 is 1.38 bits per heavy atom. The molecule has 114 valence electrons. The Bertz CT molecular complexity index is 583. The SMILES string of the molecule is CCC(N)Cc1cccc(F)c1OCc1cnn(CC)c1. The highest BCUT2D eigenvalue weighted by Gasteiger charge is 2.13. The second kappa shape index (κ2) is 7.22. The molecule has 1 unspecified atom stereocenters. The minimum atomic E-state index is -0.348. The van der Waals surface area contributed by atoms with Crippen LogP contribution in [-0.4, -0.2) is 15.8 Å². The number of nitrogens with two attached hydrogens (primary N) is 1. The van der Waals surface area contributed by atoms with Gasteiger partial charge in [0.05, 0.1) is 6.20 Å². The van der Waals surface area contributed by atoms with Gasteiger partial charge in [0.1, 0.15) is 6.61 Å². The van der Waals surface area contributed by atoms with Crippen LogP contribution in [0.4, 0.5) is 4.39 Å². The Kier molecular flexibility index (Phi) is 5.33. The predicted molar refractivity (Wildman–Crippen MR) is 80.6 cm³/mol. The molecule has 0 saturated heterocycles. The Morgan fingerprint density at radius 3 is 2.86 bits per heavy atom. The van der Waals surface area contributed by atoms with E-state index >= 15 is 0 Å². The summed E-state index contributed by atoms with van der Waals surface area (Å²) >= 11 is 0. The van der Waals surface area contributed by atoms with Crippen LogP contribution < -0.4 is 10.5 Å². The summed E-state index contributed by atoms with van der Waals surface area (Å²) in [7, 11) is 0. The molecule has 0 saturated carbocycles. The number of ether oxygens (including phenoxy) is 1. The summed E-state index contributed by atoms with van der Waals surface area (Å²) < 4.78 is 21.5. The second-order valence-electron chi connectivity index (χ2n) is 5.09. The summed E-state index contributed by atoms with van der Waals surface area (Å²) in [6, 6.07) is 4.97. The lowest BCUT2D eigenvalue weighted by molar-refractivity contribution is 0.286. The predicted octanol–water partition coefficient (Wildman–Crippen LogP) is 2.90. The van der Waals surface area contributed by atoms with Gasteiger partial charge in [-0.25, -0.2) is 4.39 Å². The van der Waals surface area contributed by atoms with Crippen LogP contribution in [0.3, 0.4) is 0 Å². The third kappa shape index (κ3) is 4.04. The van der Waals surface area contributed by atoms with Gasteiger partial charge in [-0.1, -0.05) is 19.1 Å². The van der Waals surface area contributed by atoms with Crippen LogP contribution in [0.5, 0.6) is 5.75 Å². The number of nitrogens with zero attached hydrogens (tertiary/aromatic N) is 2.